The molecule has 0 spiro atoms. The molecule has 3 nitrogen and oxygen atoms in total. The Bertz CT molecular complexity index is 313. The lowest BCUT2D eigenvalue weighted by Crippen LogP contribution is -2.30. The van der Waals surface area contributed by atoms with Crippen LogP contribution in [0.5, 0.6) is 0 Å². The fraction of sp³-hybridized carbons (Fsp3) is 0.769. The van der Waals surface area contributed by atoms with Gasteiger partial charge in [-0.1, -0.05) is 26.2 Å². The molecule has 1 saturated carbocycles. The maximum Gasteiger partial charge on any atom is 0.124 e. The van der Waals surface area contributed by atoms with E-state index in [1.54, 1.807) is 0 Å². The molecule has 0 aromatic carbocycles. The molecule has 0 radical (unpaired) electrons. The van der Waals surface area contributed by atoms with Gasteiger partial charge in [-0.05, 0) is 25.2 Å². The lowest BCUT2D eigenvalue weighted by Gasteiger charge is -2.30. The number of nitrogens with zero attached hydrogens (tertiary/aromatic N) is 2. The van der Waals surface area contributed by atoms with Crippen LogP contribution in [0.1, 0.15) is 45.4 Å². The fourth-order valence-electron chi connectivity index (χ4n) is 2.80. The zero-order chi connectivity index (χ0) is 11.4. The first-order valence-corrected chi connectivity index (χ1v) is 6.55. The monoisotopic (exact) mass is 221 g/mol. The van der Waals surface area contributed by atoms with Gasteiger partial charge in [0.05, 0.1) is 6.20 Å². The van der Waals surface area contributed by atoms with Gasteiger partial charge < -0.3 is 5.32 Å². The van der Waals surface area contributed by atoms with E-state index in [0.717, 1.165) is 11.7 Å². The maximum absolute atomic E-state index is 4.20. The van der Waals surface area contributed by atoms with Crippen molar-refractivity contribution < 1.29 is 0 Å². The van der Waals surface area contributed by atoms with Crippen LogP contribution in [-0.2, 0) is 7.05 Å². The third-order valence-corrected chi connectivity index (χ3v) is 3.81. The normalized spacial score (nSPS) is 19.6. The van der Waals surface area contributed by atoms with Gasteiger partial charge in [-0.25, -0.2) is 0 Å². The summed E-state index contributed by atoms with van der Waals surface area (Å²) in [5.41, 5.74) is 0. The van der Waals surface area contributed by atoms with Crippen LogP contribution < -0.4 is 5.32 Å². The topological polar surface area (TPSA) is 29.9 Å². The summed E-state index contributed by atoms with van der Waals surface area (Å²) in [4.78, 5) is 0. The second kappa shape index (κ2) is 5.37. The third kappa shape index (κ3) is 2.57. The van der Waals surface area contributed by atoms with Crippen molar-refractivity contribution in [1.82, 2.24) is 9.78 Å². The highest BCUT2D eigenvalue weighted by Gasteiger charge is 2.22. The Hall–Kier alpha value is -0.990. The van der Waals surface area contributed by atoms with Crippen molar-refractivity contribution >= 4 is 5.82 Å². The molecule has 90 valence electrons. The number of anilines is 1. The molecule has 2 rings (SSSR count). The van der Waals surface area contributed by atoms with Crippen molar-refractivity contribution in [3.05, 3.63) is 12.3 Å². The number of aryl methyl sites for hydroxylation is 1. The number of aromatic nitrogens is 2. The van der Waals surface area contributed by atoms with Crippen LogP contribution in [0.3, 0.4) is 0 Å². The first-order chi connectivity index (χ1) is 7.81. The average Bonchev–Trinajstić information content (AvgIpc) is 2.73. The van der Waals surface area contributed by atoms with Gasteiger partial charge in [0.1, 0.15) is 5.82 Å². The van der Waals surface area contributed by atoms with Crippen molar-refractivity contribution in [2.75, 3.05) is 5.32 Å². The molecule has 0 aliphatic heterocycles. The number of nitrogens with one attached hydrogen (secondary N) is 1. The average molecular weight is 221 g/mol. The highest BCUT2D eigenvalue weighted by atomic mass is 15.3. The molecule has 3 heteroatoms. The second-order valence-electron chi connectivity index (χ2n) is 4.90. The zero-order valence-electron chi connectivity index (χ0n) is 10.4. The van der Waals surface area contributed by atoms with Crippen molar-refractivity contribution in [2.45, 2.75) is 51.5 Å². The summed E-state index contributed by atoms with van der Waals surface area (Å²) in [7, 11) is 2.00. The molecule has 1 fully saturated rings. The molecule has 1 aromatic rings. The fourth-order valence-corrected chi connectivity index (χ4v) is 2.80. The van der Waals surface area contributed by atoms with Gasteiger partial charge in [0.25, 0.3) is 0 Å². The molecule has 1 heterocycles. The first kappa shape index (κ1) is 11.5. The van der Waals surface area contributed by atoms with Crippen LogP contribution >= 0.6 is 0 Å². The van der Waals surface area contributed by atoms with Crippen molar-refractivity contribution in [3.63, 3.8) is 0 Å². The first-order valence-electron chi connectivity index (χ1n) is 6.55. The van der Waals surface area contributed by atoms with Crippen LogP contribution in [0.4, 0.5) is 5.82 Å². The smallest absolute Gasteiger partial charge is 0.124 e. The molecule has 0 bridgehead atoms. The molecule has 0 amide bonds. The number of hydrogen-bond donors (Lipinski definition) is 1. The summed E-state index contributed by atoms with van der Waals surface area (Å²) in [6, 6.07) is 2.68. The second-order valence-corrected chi connectivity index (χ2v) is 4.90. The summed E-state index contributed by atoms with van der Waals surface area (Å²) in [6.07, 6.45) is 10.1. The summed E-state index contributed by atoms with van der Waals surface area (Å²) in [5, 5.41) is 7.85. The molecule has 1 N–H and O–H groups in total. The van der Waals surface area contributed by atoms with Gasteiger partial charge in [0.15, 0.2) is 0 Å². The van der Waals surface area contributed by atoms with Crippen molar-refractivity contribution in [2.24, 2.45) is 13.0 Å². The minimum absolute atomic E-state index is 0.621. The van der Waals surface area contributed by atoms with Crippen LogP contribution in [0.15, 0.2) is 12.3 Å². The van der Waals surface area contributed by atoms with Crippen LogP contribution in [0.2, 0.25) is 0 Å². The van der Waals surface area contributed by atoms with E-state index < -0.39 is 0 Å². The SMILES string of the molecule is CCC(Nc1ccnn1C)C1CCCCC1. The predicted octanol–water partition coefficient (Wildman–Crippen LogP) is 3.19. The van der Waals surface area contributed by atoms with Crippen molar-refractivity contribution in [1.29, 1.82) is 0 Å². The van der Waals surface area contributed by atoms with Gasteiger partial charge in [-0.2, -0.15) is 5.10 Å². The van der Waals surface area contributed by atoms with E-state index in [2.05, 4.69) is 23.4 Å². The third-order valence-electron chi connectivity index (χ3n) is 3.81. The molecule has 1 aliphatic rings. The van der Waals surface area contributed by atoms with Gasteiger partial charge in [0.2, 0.25) is 0 Å². The van der Waals surface area contributed by atoms with Crippen LogP contribution in [0.25, 0.3) is 0 Å². The molecule has 0 saturated heterocycles. The standard InChI is InChI=1S/C13H23N3/c1-3-12(11-7-5-4-6-8-11)15-13-9-10-14-16(13)2/h9-12,15H,3-8H2,1-2H3. The van der Waals surface area contributed by atoms with E-state index in [4.69, 9.17) is 0 Å². The Morgan fingerprint density at radius 2 is 2.19 bits per heavy atom. The lowest BCUT2D eigenvalue weighted by atomic mass is 9.83. The molecule has 1 aliphatic carbocycles. The minimum atomic E-state index is 0.621. The van der Waals surface area contributed by atoms with Gasteiger partial charge in [0, 0.05) is 19.2 Å². The summed E-state index contributed by atoms with van der Waals surface area (Å²) in [5.74, 6) is 2.01. The van der Waals surface area contributed by atoms with Gasteiger partial charge in [-0.15, -0.1) is 0 Å². The van der Waals surface area contributed by atoms with E-state index in [9.17, 15) is 0 Å². The van der Waals surface area contributed by atoms with Gasteiger partial charge in [-0.3, -0.25) is 4.68 Å². The Balaban J connectivity index is 1.97. The number of hydrogen-bond acceptors (Lipinski definition) is 2. The largest absolute Gasteiger partial charge is 0.367 e. The maximum atomic E-state index is 4.20. The van der Waals surface area contributed by atoms with E-state index in [1.165, 1.54) is 38.5 Å². The molecule has 16 heavy (non-hydrogen) atoms. The highest BCUT2D eigenvalue weighted by molar-refractivity contribution is 5.35. The number of rotatable bonds is 4. The Morgan fingerprint density at radius 3 is 2.75 bits per heavy atom. The molecular formula is C13H23N3. The quantitative estimate of drug-likeness (QED) is 0.846. The van der Waals surface area contributed by atoms with E-state index >= 15 is 0 Å². The summed E-state index contributed by atoms with van der Waals surface area (Å²) >= 11 is 0. The zero-order valence-corrected chi connectivity index (χ0v) is 10.4. The summed E-state index contributed by atoms with van der Waals surface area (Å²) < 4.78 is 1.92. The highest BCUT2D eigenvalue weighted by Crippen LogP contribution is 2.29. The van der Waals surface area contributed by atoms with Crippen LogP contribution in [-0.4, -0.2) is 15.8 Å². The van der Waals surface area contributed by atoms with E-state index in [0.29, 0.717) is 6.04 Å². The van der Waals surface area contributed by atoms with Crippen LogP contribution in [0, 0.1) is 5.92 Å². The molecule has 1 atom stereocenters. The van der Waals surface area contributed by atoms with E-state index in [1.807, 2.05) is 17.9 Å². The van der Waals surface area contributed by atoms with E-state index in [-0.39, 0.29) is 0 Å². The Morgan fingerprint density at radius 1 is 1.44 bits per heavy atom. The minimum Gasteiger partial charge on any atom is -0.367 e. The van der Waals surface area contributed by atoms with Gasteiger partial charge >= 0.3 is 0 Å². The molecular weight excluding hydrogens is 198 g/mol. The molecule has 1 aromatic heterocycles. The Labute approximate surface area is 98.2 Å². The molecule has 1 unspecified atom stereocenters. The summed E-state index contributed by atoms with van der Waals surface area (Å²) in [6.45, 7) is 2.28. The Kier molecular flexibility index (Phi) is 3.86. The van der Waals surface area contributed by atoms with Crippen molar-refractivity contribution in [3.8, 4) is 0 Å². The predicted molar refractivity (Wildman–Crippen MR) is 67.5 cm³/mol. The lowest BCUT2D eigenvalue weighted by molar-refractivity contribution is 0.312.